The molecule has 1 amide bonds. The fraction of sp³-hybridized carbons (Fsp3) is 0.174. The van der Waals surface area contributed by atoms with Gasteiger partial charge in [0, 0.05) is 38.7 Å². The van der Waals surface area contributed by atoms with Gasteiger partial charge in [-0.1, -0.05) is 46.9 Å². The number of nitrogens with one attached hydrogen (secondary N) is 1. The average Bonchev–Trinajstić information content (AvgIpc) is 2.79. The van der Waals surface area contributed by atoms with Crippen molar-refractivity contribution in [3.63, 3.8) is 0 Å². The molecule has 0 atom stereocenters. The van der Waals surface area contributed by atoms with Crippen molar-refractivity contribution in [1.82, 2.24) is 5.32 Å². The van der Waals surface area contributed by atoms with E-state index in [1.54, 1.807) is 24.3 Å². The summed E-state index contributed by atoms with van der Waals surface area (Å²) in [6, 6.07) is 16.4. The molecule has 0 aromatic heterocycles. The van der Waals surface area contributed by atoms with E-state index in [-0.39, 0.29) is 22.9 Å². The lowest BCUT2D eigenvalue weighted by molar-refractivity contribution is -0.119. The highest BCUT2D eigenvalue weighted by molar-refractivity contribution is 7.98. The molecule has 0 saturated heterocycles. The number of carbonyl (C=O) groups is 1. The smallest absolute Gasteiger partial charge is 0.264 e. The molecule has 34 heavy (non-hydrogen) atoms. The molecule has 0 aliphatic carbocycles. The number of rotatable bonds is 10. The molecule has 5 nitrogen and oxygen atoms in total. The summed E-state index contributed by atoms with van der Waals surface area (Å²) < 4.78 is 41.4. The number of hydrogen-bond donors (Lipinski definition) is 1. The van der Waals surface area contributed by atoms with Crippen molar-refractivity contribution in [1.29, 1.82) is 0 Å². The zero-order chi connectivity index (χ0) is 24.7. The number of nitrogens with zero attached hydrogens (tertiary/aromatic N) is 1. The van der Waals surface area contributed by atoms with Gasteiger partial charge in [-0.3, -0.25) is 9.10 Å². The highest BCUT2D eigenvalue weighted by Gasteiger charge is 2.27. The van der Waals surface area contributed by atoms with Crippen molar-refractivity contribution < 1.29 is 17.6 Å². The summed E-state index contributed by atoms with van der Waals surface area (Å²) in [5.41, 5.74) is 0.655. The van der Waals surface area contributed by atoms with Crippen LogP contribution >= 0.6 is 46.6 Å². The molecule has 11 heteroatoms. The van der Waals surface area contributed by atoms with Crippen molar-refractivity contribution in [2.24, 2.45) is 0 Å². The second kappa shape index (κ2) is 12.1. The van der Waals surface area contributed by atoms with Crippen LogP contribution in [0, 0.1) is 5.82 Å². The van der Waals surface area contributed by atoms with E-state index in [9.17, 15) is 17.6 Å². The van der Waals surface area contributed by atoms with Gasteiger partial charge in [0.15, 0.2) is 0 Å². The predicted octanol–water partition coefficient (Wildman–Crippen LogP) is 6.03. The average molecular weight is 562 g/mol. The molecule has 0 saturated carbocycles. The first-order valence-corrected chi connectivity index (χ1v) is 13.7. The van der Waals surface area contributed by atoms with Crippen LogP contribution in [0.5, 0.6) is 0 Å². The Labute approximate surface area is 217 Å². The minimum absolute atomic E-state index is 0.0120. The number of sulfonamides is 1. The van der Waals surface area contributed by atoms with Crippen LogP contribution in [0.3, 0.4) is 0 Å². The van der Waals surface area contributed by atoms with Crippen LogP contribution < -0.4 is 9.62 Å². The van der Waals surface area contributed by atoms with Gasteiger partial charge >= 0.3 is 0 Å². The van der Waals surface area contributed by atoms with Crippen molar-refractivity contribution in [3.05, 3.63) is 93.2 Å². The molecule has 0 spiro atoms. The maximum atomic E-state index is 13.8. The Morgan fingerprint density at radius 2 is 1.68 bits per heavy atom. The van der Waals surface area contributed by atoms with E-state index in [0.29, 0.717) is 32.1 Å². The zero-order valence-electron chi connectivity index (χ0n) is 17.7. The van der Waals surface area contributed by atoms with Gasteiger partial charge in [-0.2, -0.15) is 11.8 Å². The molecular weight excluding hydrogens is 542 g/mol. The van der Waals surface area contributed by atoms with Crippen LogP contribution in [0.1, 0.15) is 5.56 Å². The zero-order valence-corrected chi connectivity index (χ0v) is 21.6. The molecule has 0 aliphatic heterocycles. The van der Waals surface area contributed by atoms with Crippen molar-refractivity contribution >= 4 is 68.2 Å². The Kier molecular flexibility index (Phi) is 9.50. The van der Waals surface area contributed by atoms with Gasteiger partial charge in [0.25, 0.3) is 10.0 Å². The molecule has 180 valence electrons. The summed E-state index contributed by atoms with van der Waals surface area (Å²) in [7, 11) is -4.07. The Balaban J connectivity index is 1.65. The van der Waals surface area contributed by atoms with Gasteiger partial charge in [0.1, 0.15) is 12.4 Å². The van der Waals surface area contributed by atoms with E-state index >= 15 is 0 Å². The first-order valence-electron chi connectivity index (χ1n) is 9.99. The molecule has 0 unspecified atom stereocenters. The van der Waals surface area contributed by atoms with Crippen LogP contribution in [0.2, 0.25) is 15.1 Å². The molecule has 0 fully saturated rings. The van der Waals surface area contributed by atoms with E-state index in [0.717, 1.165) is 4.31 Å². The number of halogens is 4. The lowest BCUT2D eigenvalue weighted by Gasteiger charge is -2.24. The van der Waals surface area contributed by atoms with Gasteiger partial charge in [-0.15, -0.1) is 0 Å². The summed E-state index contributed by atoms with van der Waals surface area (Å²) in [5.74, 6) is -0.0472. The first kappa shape index (κ1) is 26.6. The van der Waals surface area contributed by atoms with Crippen LogP contribution in [-0.2, 0) is 20.6 Å². The van der Waals surface area contributed by atoms with E-state index in [1.807, 2.05) is 0 Å². The summed E-state index contributed by atoms with van der Waals surface area (Å²) in [6.45, 7) is -0.185. The van der Waals surface area contributed by atoms with Crippen LogP contribution in [0.15, 0.2) is 71.6 Å². The number of amides is 1. The highest BCUT2D eigenvalue weighted by Crippen LogP contribution is 2.27. The molecular formula is C23H20Cl3FN2O3S2. The molecule has 0 bridgehead atoms. The summed E-state index contributed by atoms with van der Waals surface area (Å²) in [6.07, 6.45) is 0. The van der Waals surface area contributed by atoms with Gasteiger partial charge in [0.2, 0.25) is 5.91 Å². The number of thioether (sulfide) groups is 1. The third kappa shape index (κ3) is 7.02. The quantitative estimate of drug-likeness (QED) is 0.307. The SMILES string of the molecule is O=C(CN(c1cccc(Cl)c1)S(=O)(=O)c1ccc(Cl)cc1)NCCSCc1c(F)cccc1Cl. The van der Waals surface area contributed by atoms with Crippen molar-refractivity contribution in [3.8, 4) is 0 Å². The van der Waals surface area contributed by atoms with Crippen LogP contribution in [-0.4, -0.2) is 33.2 Å². The van der Waals surface area contributed by atoms with Gasteiger partial charge in [-0.25, -0.2) is 12.8 Å². The van der Waals surface area contributed by atoms with Crippen molar-refractivity contribution in [2.75, 3.05) is 23.1 Å². The normalized spacial score (nSPS) is 11.3. The Morgan fingerprint density at radius 1 is 0.971 bits per heavy atom. The topological polar surface area (TPSA) is 66.5 Å². The second-order valence-electron chi connectivity index (χ2n) is 7.05. The molecule has 0 heterocycles. The molecule has 0 aliphatic rings. The lowest BCUT2D eigenvalue weighted by atomic mass is 10.2. The fourth-order valence-electron chi connectivity index (χ4n) is 2.97. The molecule has 3 aromatic carbocycles. The van der Waals surface area contributed by atoms with Crippen molar-refractivity contribution in [2.45, 2.75) is 10.6 Å². The number of anilines is 1. The van der Waals surface area contributed by atoms with Crippen LogP contribution in [0.25, 0.3) is 0 Å². The standard InChI is InChI=1S/C23H20Cl3FN2O3S2/c24-16-7-9-19(10-8-16)34(31,32)29(18-4-1-3-17(25)13-18)14-23(30)28-11-12-33-15-20-21(26)5-2-6-22(20)27/h1-10,13H,11-12,14-15H2,(H,28,30). The maximum Gasteiger partial charge on any atom is 0.264 e. The largest absolute Gasteiger partial charge is 0.354 e. The molecule has 1 N–H and O–H groups in total. The fourth-order valence-corrected chi connectivity index (χ4v) is 5.89. The Morgan fingerprint density at radius 3 is 2.35 bits per heavy atom. The van der Waals surface area contributed by atoms with E-state index in [4.69, 9.17) is 34.8 Å². The first-order chi connectivity index (χ1) is 16.2. The molecule has 0 radical (unpaired) electrons. The van der Waals surface area contributed by atoms with Crippen LogP contribution in [0.4, 0.5) is 10.1 Å². The predicted molar refractivity (Wildman–Crippen MR) is 138 cm³/mol. The van der Waals surface area contributed by atoms with E-state index < -0.39 is 22.5 Å². The number of benzene rings is 3. The summed E-state index contributed by atoms with van der Waals surface area (Å²) >= 11 is 19.4. The maximum absolute atomic E-state index is 13.8. The lowest BCUT2D eigenvalue weighted by Crippen LogP contribution is -2.41. The molecule has 3 rings (SSSR count). The third-order valence-electron chi connectivity index (χ3n) is 4.66. The second-order valence-corrected chi connectivity index (χ2v) is 11.3. The van der Waals surface area contributed by atoms with Gasteiger partial charge in [0.05, 0.1) is 10.6 Å². The minimum atomic E-state index is -4.07. The Hall–Kier alpha value is -1.97. The van der Waals surface area contributed by atoms with Gasteiger partial charge < -0.3 is 5.32 Å². The van der Waals surface area contributed by atoms with E-state index in [1.165, 1.54) is 54.2 Å². The number of carbonyl (C=O) groups excluding carboxylic acids is 1. The van der Waals surface area contributed by atoms with E-state index in [2.05, 4.69) is 5.32 Å². The highest BCUT2D eigenvalue weighted by atomic mass is 35.5. The summed E-state index contributed by atoms with van der Waals surface area (Å²) in [4.78, 5) is 12.6. The minimum Gasteiger partial charge on any atom is -0.354 e. The molecule has 3 aromatic rings. The van der Waals surface area contributed by atoms with Gasteiger partial charge in [-0.05, 0) is 54.6 Å². The monoisotopic (exact) mass is 560 g/mol. The number of hydrogen-bond acceptors (Lipinski definition) is 4. The third-order valence-corrected chi connectivity index (χ3v) is 8.28. The summed E-state index contributed by atoms with van der Waals surface area (Å²) in [5, 5.41) is 3.77. The Bertz CT molecular complexity index is 1240.